The molecule has 4 nitrogen and oxygen atoms in total. The standard InChI is InChI=1S/C8H14O4/c1-5-6-7(10-2)8(3-9,12-5)4-11-6/h5-7,9H,3-4H2,1-2H3/t5-,6-,7?,8+/m0/s1. The molecule has 0 spiro atoms. The van der Waals surface area contributed by atoms with Gasteiger partial charge in [-0.1, -0.05) is 0 Å². The number of fused-ring (bicyclic) bond motifs is 2. The highest BCUT2D eigenvalue weighted by Gasteiger charge is 2.60. The first-order chi connectivity index (χ1) is 5.73. The summed E-state index contributed by atoms with van der Waals surface area (Å²) in [6.07, 6.45) is -0.101. The van der Waals surface area contributed by atoms with Crippen molar-refractivity contribution in [2.24, 2.45) is 0 Å². The van der Waals surface area contributed by atoms with Gasteiger partial charge in [0.15, 0.2) is 0 Å². The molecule has 0 aromatic carbocycles. The van der Waals surface area contributed by atoms with Gasteiger partial charge >= 0.3 is 0 Å². The van der Waals surface area contributed by atoms with Gasteiger partial charge in [-0.05, 0) is 6.92 Å². The van der Waals surface area contributed by atoms with Gasteiger partial charge in [-0.2, -0.15) is 0 Å². The van der Waals surface area contributed by atoms with E-state index in [0.29, 0.717) is 6.61 Å². The molecule has 2 saturated heterocycles. The van der Waals surface area contributed by atoms with Gasteiger partial charge in [-0.25, -0.2) is 0 Å². The lowest BCUT2D eigenvalue weighted by atomic mass is 10.00. The Morgan fingerprint density at radius 1 is 1.67 bits per heavy atom. The van der Waals surface area contributed by atoms with Crippen molar-refractivity contribution >= 4 is 0 Å². The SMILES string of the molecule is COC1[C@H]2OC[C@@]1(CO)O[C@H]2C. The Labute approximate surface area is 71.4 Å². The van der Waals surface area contributed by atoms with Crippen LogP contribution in [-0.2, 0) is 14.2 Å². The van der Waals surface area contributed by atoms with Crippen LogP contribution >= 0.6 is 0 Å². The second kappa shape index (κ2) is 2.67. The fourth-order valence-electron chi connectivity index (χ4n) is 2.15. The van der Waals surface area contributed by atoms with Crippen molar-refractivity contribution in [3.63, 3.8) is 0 Å². The molecule has 2 aliphatic rings. The number of ether oxygens (including phenoxy) is 3. The smallest absolute Gasteiger partial charge is 0.143 e. The topological polar surface area (TPSA) is 47.9 Å². The Kier molecular flexibility index (Phi) is 1.88. The van der Waals surface area contributed by atoms with Crippen molar-refractivity contribution in [3.05, 3.63) is 0 Å². The molecule has 0 radical (unpaired) electrons. The molecule has 0 aliphatic carbocycles. The highest BCUT2D eigenvalue weighted by Crippen LogP contribution is 2.40. The molecule has 0 saturated carbocycles. The fourth-order valence-corrected chi connectivity index (χ4v) is 2.15. The van der Waals surface area contributed by atoms with E-state index >= 15 is 0 Å². The van der Waals surface area contributed by atoms with E-state index < -0.39 is 5.60 Å². The van der Waals surface area contributed by atoms with Crippen LogP contribution in [0.4, 0.5) is 0 Å². The molecule has 4 atom stereocenters. The van der Waals surface area contributed by atoms with Gasteiger partial charge in [0.25, 0.3) is 0 Å². The molecular formula is C8H14O4. The van der Waals surface area contributed by atoms with Crippen LogP contribution in [0.5, 0.6) is 0 Å². The summed E-state index contributed by atoms with van der Waals surface area (Å²) >= 11 is 0. The first-order valence-corrected chi connectivity index (χ1v) is 4.16. The number of aliphatic hydroxyl groups is 1. The van der Waals surface area contributed by atoms with Crippen molar-refractivity contribution in [2.45, 2.75) is 30.8 Å². The monoisotopic (exact) mass is 174 g/mol. The van der Waals surface area contributed by atoms with E-state index in [1.807, 2.05) is 6.92 Å². The van der Waals surface area contributed by atoms with Crippen LogP contribution < -0.4 is 0 Å². The minimum atomic E-state index is -0.598. The Morgan fingerprint density at radius 3 is 2.83 bits per heavy atom. The molecule has 0 aromatic rings. The molecular weight excluding hydrogens is 160 g/mol. The Bertz CT molecular complexity index is 184. The summed E-state index contributed by atoms with van der Waals surface area (Å²) < 4.78 is 16.3. The maximum atomic E-state index is 9.18. The maximum absolute atomic E-state index is 9.18. The normalized spacial score (nSPS) is 51.8. The number of hydrogen-bond acceptors (Lipinski definition) is 4. The van der Waals surface area contributed by atoms with Gasteiger partial charge in [0.2, 0.25) is 0 Å². The summed E-state index contributed by atoms with van der Waals surface area (Å²) in [6, 6.07) is 0. The quantitative estimate of drug-likeness (QED) is 0.616. The Balaban J connectivity index is 2.23. The Hall–Kier alpha value is -0.160. The zero-order valence-electron chi connectivity index (χ0n) is 7.32. The largest absolute Gasteiger partial charge is 0.393 e. The number of hydrogen-bond donors (Lipinski definition) is 1. The molecule has 0 aromatic heterocycles. The number of rotatable bonds is 2. The second-order valence-corrected chi connectivity index (χ2v) is 3.48. The summed E-state index contributed by atoms with van der Waals surface area (Å²) in [5.74, 6) is 0. The van der Waals surface area contributed by atoms with E-state index in [9.17, 15) is 5.11 Å². The molecule has 1 N–H and O–H groups in total. The third-order valence-corrected chi connectivity index (χ3v) is 2.74. The summed E-state index contributed by atoms with van der Waals surface area (Å²) in [5, 5.41) is 9.18. The molecule has 2 rings (SSSR count). The summed E-state index contributed by atoms with van der Waals surface area (Å²) in [5.41, 5.74) is -0.598. The highest BCUT2D eigenvalue weighted by atomic mass is 16.7. The van der Waals surface area contributed by atoms with Crippen LogP contribution in [0.1, 0.15) is 6.92 Å². The van der Waals surface area contributed by atoms with Crippen LogP contribution in [0.3, 0.4) is 0 Å². The van der Waals surface area contributed by atoms with Crippen molar-refractivity contribution < 1.29 is 19.3 Å². The van der Waals surface area contributed by atoms with Crippen LogP contribution in [0.2, 0.25) is 0 Å². The van der Waals surface area contributed by atoms with E-state index in [2.05, 4.69) is 0 Å². The average molecular weight is 174 g/mol. The highest BCUT2D eigenvalue weighted by molar-refractivity contribution is 5.07. The van der Waals surface area contributed by atoms with Crippen molar-refractivity contribution in [3.8, 4) is 0 Å². The van der Waals surface area contributed by atoms with Crippen molar-refractivity contribution in [1.82, 2.24) is 0 Å². The van der Waals surface area contributed by atoms with Gasteiger partial charge in [0.1, 0.15) is 17.8 Å². The molecule has 0 amide bonds. The molecule has 2 aliphatic heterocycles. The average Bonchev–Trinajstić information content (AvgIpc) is 2.56. The summed E-state index contributed by atoms with van der Waals surface area (Å²) in [7, 11) is 1.62. The van der Waals surface area contributed by atoms with E-state index in [4.69, 9.17) is 14.2 Å². The summed E-state index contributed by atoms with van der Waals surface area (Å²) in [4.78, 5) is 0. The van der Waals surface area contributed by atoms with E-state index in [1.54, 1.807) is 7.11 Å². The van der Waals surface area contributed by atoms with Gasteiger partial charge in [-0.3, -0.25) is 0 Å². The number of methoxy groups -OCH3 is 1. The van der Waals surface area contributed by atoms with E-state index in [1.165, 1.54) is 0 Å². The first kappa shape index (κ1) is 8.44. The van der Waals surface area contributed by atoms with Gasteiger partial charge in [-0.15, -0.1) is 0 Å². The first-order valence-electron chi connectivity index (χ1n) is 4.16. The predicted molar refractivity (Wildman–Crippen MR) is 40.9 cm³/mol. The van der Waals surface area contributed by atoms with Crippen LogP contribution in [-0.4, -0.2) is 49.3 Å². The molecule has 70 valence electrons. The predicted octanol–water partition coefficient (Wildman–Crippen LogP) is -0.450. The maximum Gasteiger partial charge on any atom is 0.143 e. The molecule has 1 unspecified atom stereocenters. The van der Waals surface area contributed by atoms with Crippen LogP contribution in [0, 0.1) is 0 Å². The van der Waals surface area contributed by atoms with E-state index in [-0.39, 0.29) is 24.9 Å². The van der Waals surface area contributed by atoms with Gasteiger partial charge < -0.3 is 19.3 Å². The second-order valence-electron chi connectivity index (χ2n) is 3.48. The minimum absolute atomic E-state index is 0.0119. The lowest BCUT2D eigenvalue weighted by Gasteiger charge is -2.27. The molecule has 12 heavy (non-hydrogen) atoms. The Morgan fingerprint density at radius 2 is 2.42 bits per heavy atom. The lowest BCUT2D eigenvalue weighted by molar-refractivity contribution is -0.156. The van der Waals surface area contributed by atoms with Crippen LogP contribution in [0.25, 0.3) is 0 Å². The van der Waals surface area contributed by atoms with Crippen molar-refractivity contribution in [2.75, 3.05) is 20.3 Å². The third kappa shape index (κ3) is 0.864. The molecule has 2 heterocycles. The van der Waals surface area contributed by atoms with Gasteiger partial charge in [0, 0.05) is 7.11 Å². The molecule has 4 heteroatoms. The summed E-state index contributed by atoms with van der Waals surface area (Å²) in [6.45, 7) is 2.34. The minimum Gasteiger partial charge on any atom is -0.393 e. The molecule has 2 fully saturated rings. The third-order valence-electron chi connectivity index (χ3n) is 2.74. The van der Waals surface area contributed by atoms with Crippen LogP contribution in [0.15, 0.2) is 0 Å². The lowest BCUT2D eigenvalue weighted by Crippen LogP contribution is -2.45. The zero-order chi connectivity index (χ0) is 8.77. The number of aliphatic hydroxyl groups excluding tert-OH is 1. The van der Waals surface area contributed by atoms with Gasteiger partial charge in [0.05, 0.1) is 19.3 Å². The molecule has 2 bridgehead atoms. The fraction of sp³-hybridized carbons (Fsp3) is 1.00. The zero-order valence-corrected chi connectivity index (χ0v) is 7.32. The van der Waals surface area contributed by atoms with Crippen molar-refractivity contribution in [1.29, 1.82) is 0 Å². The van der Waals surface area contributed by atoms with E-state index in [0.717, 1.165) is 0 Å².